The number of aromatic nitrogens is 3. The van der Waals surface area contributed by atoms with Crippen LogP contribution in [0, 0.1) is 50.2 Å². The van der Waals surface area contributed by atoms with Crippen LogP contribution in [0.15, 0.2) is 17.8 Å². The van der Waals surface area contributed by atoms with Crippen LogP contribution < -0.4 is 5.32 Å². The summed E-state index contributed by atoms with van der Waals surface area (Å²) in [5.74, 6) is 1.26. The van der Waals surface area contributed by atoms with Gasteiger partial charge in [-0.05, 0) is 109 Å². The van der Waals surface area contributed by atoms with E-state index >= 15 is 0 Å². The summed E-state index contributed by atoms with van der Waals surface area (Å²) >= 11 is 0. The van der Waals surface area contributed by atoms with E-state index in [0.29, 0.717) is 17.5 Å². The number of nitrogens with one attached hydrogen (secondary N) is 1. The van der Waals surface area contributed by atoms with Gasteiger partial charge in [-0.3, -0.25) is 4.79 Å². The fourth-order valence-corrected chi connectivity index (χ4v) is 12.8. The second-order valence-corrected chi connectivity index (χ2v) is 19.3. The van der Waals surface area contributed by atoms with Crippen molar-refractivity contribution in [1.82, 2.24) is 20.3 Å². The van der Waals surface area contributed by atoms with Crippen LogP contribution in [0.25, 0.3) is 0 Å². The van der Waals surface area contributed by atoms with Gasteiger partial charge in [-0.2, -0.15) is 0 Å². The molecule has 4 saturated carbocycles. The largest absolute Gasteiger partial charge is 0.394 e. The minimum Gasteiger partial charge on any atom is -0.394 e. The zero-order chi connectivity index (χ0) is 36.2. The molecule has 0 aromatic carbocycles. The molecule has 50 heavy (non-hydrogen) atoms. The maximum absolute atomic E-state index is 14.6. The molecule has 11 heteroatoms. The van der Waals surface area contributed by atoms with E-state index in [-0.39, 0.29) is 51.5 Å². The van der Waals surface area contributed by atoms with Crippen LogP contribution in [0.5, 0.6) is 0 Å². The summed E-state index contributed by atoms with van der Waals surface area (Å²) in [6, 6.07) is 0. The number of amides is 1. The summed E-state index contributed by atoms with van der Waals surface area (Å²) in [4.78, 5) is 14.6. The minimum atomic E-state index is -1.52. The third kappa shape index (κ3) is 5.14. The van der Waals surface area contributed by atoms with Gasteiger partial charge in [0.2, 0.25) is 5.91 Å². The topological polar surface area (TPSA) is 170 Å². The zero-order valence-corrected chi connectivity index (χ0v) is 31.2. The number of ether oxygens (including phenoxy) is 1. The van der Waals surface area contributed by atoms with Crippen molar-refractivity contribution in [1.29, 1.82) is 0 Å². The highest BCUT2D eigenvalue weighted by atomic mass is 16.6. The molecule has 1 saturated heterocycles. The molecule has 0 bridgehead atoms. The van der Waals surface area contributed by atoms with Crippen molar-refractivity contribution in [2.24, 2.45) is 50.2 Å². The van der Waals surface area contributed by atoms with E-state index in [1.165, 1.54) is 10.3 Å². The first-order chi connectivity index (χ1) is 23.3. The van der Waals surface area contributed by atoms with Crippen LogP contribution in [0.1, 0.15) is 125 Å². The smallest absolute Gasteiger partial charge is 0.227 e. The molecular weight excluding hydrogens is 636 g/mol. The minimum absolute atomic E-state index is 0.0000666. The molecule has 0 unspecified atom stereocenters. The van der Waals surface area contributed by atoms with Crippen molar-refractivity contribution in [3.05, 3.63) is 23.5 Å². The van der Waals surface area contributed by atoms with Crippen molar-refractivity contribution in [3.8, 4) is 0 Å². The molecule has 1 aromatic heterocycles. The van der Waals surface area contributed by atoms with Gasteiger partial charge >= 0.3 is 0 Å². The van der Waals surface area contributed by atoms with Gasteiger partial charge < -0.3 is 35.6 Å². The summed E-state index contributed by atoms with van der Waals surface area (Å²) in [5.41, 5.74) is 1.82. The monoisotopic (exact) mass is 698 g/mol. The number of hydrogen-bond donors (Lipinski definition) is 6. The van der Waals surface area contributed by atoms with E-state index in [9.17, 15) is 30.3 Å². The van der Waals surface area contributed by atoms with Crippen LogP contribution in [-0.4, -0.2) is 83.6 Å². The molecule has 7 rings (SSSR count). The number of aliphatic hydroxyl groups excluding tert-OH is 5. The number of hydrogen-bond acceptors (Lipinski definition) is 9. The highest BCUT2D eigenvalue weighted by Gasteiger charge is 2.69. The number of rotatable bonds is 5. The summed E-state index contributed by atoms with van der Waals surface area (Å²) in [5, 5.41) is 63.2. The predicted molar refractivity (Wildman–Crippen MR) is 186 cm³/mol. The molecule has 11 nitrogen and oxygen atoms in total. The van der Waals surface area contributed by atoms with Crippen LogP contribution in [0.2, 0.25) is 0 Å². The van der Waals surface area contributed by atoms with E-state index < -0.39 is 42.7 Å². The fourth-order valence-electron chi connectivity index (χ4n) is 12.8. The van der Waals surface area contributed by atoms with E-state index in [1.54, 1.807) is 6.20 Å². The van der Waals surface area contributed by atoms with E-state index in [1.807, 2.05) is 0 Å². The number of allylic oxidation sites excluding steroid dienone is 2. The maximum atomic E-state index is 14.6. The fraction of sp³-hybridized carbons (Fsp3) is 0.872. The summed E-state index contributed by atoms with van der Waals surface area (Å²) in [6.45, 7) is 16.6. The molecule has 6 aliphatic rings. The van der Waals surface area contributed by atoms with Gasteiger partial charge in [0.1, 0.15) is 30.1 Å². The van der Waals surface area contributed by atoms with Gasteiger partial charge in [0.05, 0.1) is 30.9 Å². The van der Waals surface area contributed by atoms with Crippen molar-refractivity contribution in [2.45, 2.75) is 156 Å². The van der Waals surface area contributed by atoms with Crippen molar-refractivity contribution < 1.29 is 35.1 Å². The average Bonchev–Trinajstić information content (AvgIpc) is 3.53. The second-order valence-electron chi connectivity index (χ2n) is 19.3. The second kappa shape index (κ2) is 12.1. The first kappa shape index (κ1) is 36.5. The SMILES string of the molecule is CC1(C)CC[C@]2(C(=O)NCc3cn([C@@H]4O[C@H](CO)[C@H](O)[C@H](O)[C@H]4O)nn3)CC[C@]3(C)C(=CC[C@@H]4[C@@]5(C)CC[C@H](O)C(C)(C)[C@@H]5CC[C@]43C)[C@@H]2C1. The molecule has 1 aromatic rings. The summed E-state index contributed by atoms with van der Waals surface area (Å²) in [7, 11) is 0. The number of nitrogens with zero attached hydrogens (tertiary/aromatic N) is 3. The number of carbonyl (C=O) groups is 1. The third-order valence-electron chi connectivity index (χ3n) is 16.2. The highest BCUT2D eigenvalue weighted by Crippen LogP contribution is 2.75. The Morgan fingerprint density at radius 2 is 1.64 bits per heavy atom. The molecule has 280 valence electrons. The van der Waals surface area contributed by atoms with Crippen LogP contribution in [0.3, 0.4) is 0 Å². The van der Waals surface area contributed by atoms with Gasteiger partial charge in [-0.15, -0.1) is 5.10 Å². The summed E-state index contributed by atoms with van der Waals surface area (Å²) in [6.07, 6.45) is 7.17. The molecule has 0 radical (unpaired) electrons. The quantitative estimate of drug-likeness (QED) is 0.249. The predicted octanol–water partition coefficient (Wildman–Crippen LogP) is 4.03. The molecule has 2 heterocycles. The van der Waals surface area contributed by atoms with Crippen LogP contribution >= 0.6 is 0 Å². The Labute approximate surface area is 297 Å². The molecular formula is C39H62N4O7. The van der Waals surface area contributed by atoms with E-state index in [0.717, 1.165) is 64.2 Å². The molecule has 13 atom stereocenters. The van der Waals surface area contributed by atoms with Gasteiger partial charge in [0, 0.05) is 0 Å². The zero-order valence-electron chi connectivity index (χ0n) is 31.2. The molecule has 1 aliphatic heterocycles. The van der Waals surface area contributed by atoms with Gasteiger partial charge in [-0.1, -0.05) is 65.3 Å². The van der Waals surface area contributed by atoms with Gasteiger partial charge in [0.15, 0.2) is 6.23 Å². The Morgan fingerprint density at radius 1 is 0.920 bits per heavy atom. The first-order valence-corrected chi connectivity index (χ1v) is 19.2. The lowest BCUT2D eigenvalue weighted by Gasteiger charge is -2.71. The Balaban J connectivity index is 1.14. The number of fused-ring (bicyclic) bond motifs is 7. The lowest BCUT2D eigenvalue weighted by atomic mass is 9.33. The Kier molecular flexibility index (Phi) is 8.80. The molecule has 6 N–H and O–H groups in total. The van der Waals surface area contributed by atoms with Gasteiger partial charge in [-0.25, -0.2) is 4.68 Å². The van der Waals surface area contributed by atoms with E-state index in [4.69, 9.17) is 4.74 Å². The number of carbonyl (C=O) groups excluding carboxylic acids is 1. The Morgan fingerprint density at radius 3 is 2.36 bits per heavy atom. The molecule has 1 amide bonds. The lowest BCUT2D eigenvalue weighted by molar-refractivity contribution is -0.254. The Bertz CT molecular complexity index is 1510. The summed E-state index contributed by atoms with van der Waals surface area (Å²) < 4.78 is 6.91. The van der Waals surface area contributed by atoms with Crippen molar-refractivity contribution >= 4 is 5.91 Å². The lowest BCUT2D eigenvalue weighted by Crippen LogP contribution is -2.65. The molecule has 5 fully saturated rings. The standard InChI is InChI=1S/C39H62N4O7/c1-34(2)14-16-39(33(49)40-19-22-20-43(42-41-22)32-31(48)30(47)29(46)25(21-44)50-32)17-15-37(6)23(24(39)18-34)8-9-27-36(5)12-11-28(45)35(3,4)26(36)10-13-38(27,37)7/h8,20,24-32,44-48H,9-19,21H2,1-7H3,(H,40,49)/t24-,25+,26-,27+,28-,29-,30-,31+,32+,36-,37+,38+,39-/m0/s1. The van der Waals surface area contributed by atoms with Gasteiger partial charge in [0.25, 0.3) is 0 Å². The first-order valence-electron chi connectivity index (χ1n) is 19.2. The van der Waals surface area contributed by atoms with Crippen molar-refractivity contribution in [3.63, 3.8) is 0 Å². The normalized spacial score (nSPS) is 47.9. The van der Waals surface area contributed by atoms with E-state index in [2.05, 4.69) is 70.2 Å². The third-order valence-corrected chi connectivity index (χ3v) is 16.2. The highest BCUT2D eigenvalue weighted by molar-refractivity contribution is 5.84. The van der Waals surface area contributed by atoms with Crippen LogP contribution in [0.4, 0.5) is 0 Å². The maximum Gasteiger partial charge on any atom is 0.227 e. The van der Waals surface area contributed by atoms with Crippen molar-refractivity contribution in [2.75, 3.05) is 6.61 Å². The molecule has 5 aliphatic carbocycles. The Hall–Kier alpha value is -1.89. The van der Waals surface area contributed by atoms with Crippen LogP contribution in [-0.2, 0) is 16.1 Å². The average molecular weight is 699 g/mol. The number of aliphatic hydroxyl groups is 5. The molecule has 0 spiro atoms.